The van der Waals surface area contributed by atoms with Gasteiger partial charge in [-0.05, 0) is 48.4 Å². The highest BCUT2D eigenvalue weighted by atomic mass is 32.2. The van der Waals surface area contributed by atoms with Gasteiger partial charge in [0.25, 0.3) is 10.0 Å². The first kappa shape index (κ1) is 18.2. The Balaban J connectivity index is 1.94. The van der Waals surface area contributed by atoms with Crippen molar-refractivity contribution < 1.29 is 26.4 Å². The van der Waals surface area contributed by atoms with Crippen LogP contribution >= 0.6 is 0 Å². The van der Waals surface area contributed by atoms with Gasteiger partial charge in [-0.15, -0.1) is 0 Å². The zero-order chi connectivity index (χ0) is 19.3. The largest absolute Gasteiger partial charge is 0.416 e. The molecule has 1 N–H and O–H groups in total. The minimum absolute atomic E-state index is 0.000437. The third-order valence-electron chi connectivity index (χ3n) is 4.23. The number of hydrogen-bond acceptors (Lipinski definition) is 3. The highest BCUT2D eigenvalue weighted by molar-refractivity contribution is 7.92. The van der Waals surface area contributed by atoms with Gasteiger partial charge in [-0.2, -0.15) is 13.2 Å². The van der Waals surface area contributed by atoms with E-state index in [0.717, 1.165) is 6.07 Å². The lowest BCUT2D eigenvalue weighted by Crippen LogP contribution is -2.20. The summed E-state index contributed by atoms with van der Waals surface area (Å²) < 4.78 is 66.2. The molecule has 26 heavy (non-hydrogen) atoms. The summed E-state index contributed by atoms with van der Waals surface area (Å²) in [6, 6.07) is 7.42. The third kappa shape index (κ3) is 3.26. The van der Waals surface area contributed by atoms with E-state index >= 15 is 0 Å². The van der Waals surface area contributed by atoms with Gasteiger partial charge in [0.1, 0.15) is 0 Å². The molecule has 0 unspecified atom stereocenters. The minimum atomic E-state index is -4.58. The second-order valence-electron chi connectivity index (χ2n) is 6.05. The highest BCUT2D eigenvalue weighted by Crippen LogP contribution is 2.34. The Labute approximate surface area is 148 Å². The normalized spacial score (nSPS) is 14.5. The van der Waals surface area contributed by atoms with E-state index < -0.39 is 21.8 Å². The fourth-order valence-electron chi connectivity index (χ4n) is 2.82. The Morgan fingerprint density at radius 3 is 2.46 bits per heavy atom. The van der Waals surface area contributed by atoms with Crippen LogP contribution in [0, 0.1) is 6.92 Å². The number of carbonyl (C=O) groups excluding carboxylic acids is 1. The van der Waals surface area contributed by atoms with Gasteiger partial charge in [-0.3, -0.25) is 9.52 Å². The SMILES string of the molecule is Cc1ccc(NS(=O)(=O)c2ccc3c(c2)CC(=O)N3C)cc1C(F)(F)F. The van der Waals surface area contributed by atoms with Gasteiger partial charge >= 0.3 is 6.18 Å². The van der Waals surface area contributed by atoms with Gasteiger partial charge in [0.05, 0.1) is 16.9 Å². The van der Waals surface area contributed by atoms with E-state index in [9.17, 15) is 26.4 Å². The standard InChI is InChI=1S/C17H15F3N2O3S/c1-10-3-4-12(9-14(10)17(18,19)20)21-26(24,25)13-5-6-15-11(7-13)8-16(23)22(15)2/h3-7,9,21H,8H2,1-2H3. The molecule has 0 saturated carbocycles. The summed E-state index contributed by atoms with van der Waals surface area (Å²) in [5, 5.41) is 0. The number of sulfonamides is 1. The molecule has 0 fully saturated rings. The number of benzene rings is 2. The summed E-state index contributed by atoms with van der Waals surface area (Å²) in [6.07, 6.45) is -4.50. The number of amides is 1. The molecule has 1 amide bonds. The molecule has 0 aromatic heterocycles. The molecule has 2 aromatic rings. The lowest BCUT2D eigenvalue weighted by molar-refractivity contribution is -0.138. The number of hydrogen-bond donors (Lipinski definition) is 1. The summed E-state index contributed by atoms with van der Waals surface area (Å²) in [4.78, 5) is 13.0. The monoisotopic (exact) mass is 384 g/mol. The maximum Gasteiger partial charge on any atom is 0.416 e. The van der Waals surface area contributed by atoms with E-state index in [-0.39, 0.29) is 28.5 Å². The van der Waals surface area contributed by atoms with Gasteiger partial charge in [-0.25, -0.2) is 8.42 Å². The number of nitrogens with one attached hydrogen (secondary N) is 1. The molecule has 5 nitrogen and oxygen atoms in total. The average Bonchev–Trinajstić information content (AvgIpc) is 2.82. The van der Waals surface area contributed by atoms with Crippen LogP contribution in [-0.4, -0.2) is 21.4 Å². The smallest absolute Gasteiger partial charge is 0.315 e. The van der Waals surface area contributed by atoms with Crippen molar-refractivity contribution in [2.45, 2.75) is 24.4 Å². The van der Waals surface area contributed by atoms with Crippen LogP contribution in [0.5, 0.6) is 0 Å². The topological polar surface area (TPSA) is 66.5 Å². The van der Waals surface area contributed by atoms with Crippen LogP contribution in [0.2, 0.25) is 0 Å². The van der Waals surface area contributed by atoms with Gasteiger partial charge in [0, 0.05) is 18.4 Å². The molecular formula is C17H15F3N2O3S. The minimum Gasteiger partial charge on any atom is -0.315 e. The number of halogens is 3. The Bertz CT molecular complexity index is 1000. The van der Waals surface area contributed by atoms with Crippen molar-refractivity contribution in [3.63, 3.8) is 0 Å². The van der Waals surface area contributed by atoms with Gasteiger partial charge in [-0.1, -0.05) is 6.07 Å². The molecule has 0 atom stereocenters. The van der Waals surface area contributed by atoms with Crippen LogP contribution in [0.3, 0.4) is 0 Å². The Kier molecular flexibility index (Phi) is 4.22. The summed E-state index contributed by atoms with van der Waals surface area (Å²) >= 11 is 0. The molecule has 1 heterocycles. The number of fused-ring (bicyclic) bond motifs is 1. The fourth-order valence-corrected chi connectivity index (χ4v) is 3.92. The molecular weight excluding hydrogens is 369 g/mol. The van der Waals surface area contributed by atoms with Crippen LogP contribution in [-0.2, 0) is 27.4 Å². The van der Waals surface area contributed by atoms with Crippen molar-refractivity contribution >= 4 is 27.3 Å². The third-order valence-corrected chi connectivity index (χ3v) is 5.61. The van der Waals surface area contributed by atoms with Crippen molar-refractivity contribution in [1.82, 2.24) is 0 Å². The molecule has 138 valence electrons. The first-order valence-corrected chi connectivity index (χ1v) is 9.07. The van der Waals surface area contributed by atoms with Crippen molar-refractivity contribution in [2.24, 2.45) is 0 Å². The summed E-state index contributed by atoms with van der Waals surface area (Å²) in [5.74, 6) is -0.157. The second kappa shape index (κ2) is 6.01. The van der Waals surface area contributed by atoms with Gasteiger partial charge in [0.15, 0.2) is 0 Å². The van der Waals surface area contributed by atoms with E-state index in [4.69, 9.17) is 0 Å². The van der Waals surface area contributed by atoms with Crippen molar-refractivity contribution in [1.29, 1.82) is 0 Å². The molecule has 1 aliphatic heterocycles. The van der Waals surface area contributed by atoms with Crippen LogP contribution in [0.4, 0.5) is 24.5 Å². The molecule has 1 aliphatic rings. The maximum atomic E-state index is 13.0. The second-order valence-corrected chi connectivity index (χ2v) is 7.74. The molecule has 0 saturated heterocycles. The van der Waals surface area contributed by atoms with Crippen molar-refractivity contribution in [3.05, 3.63) is 53.1 Å². The Morgan fingerprint density at radius 1 is 1.12 bits per heavy atom. The average molecular weight is 384 g/mol. The molecule has 0 aliphatic carbocycles. The summed E-state index contributed by atoms with van der Waals surface area (Å²) in [6.45, 7) is 1.30. The lowest BCUT2D eigenvalue weighted by Gasteiger charge is -2.14. The van der Waals surface area contributed by atoms with E-state index in [1.807, 2.05) is 0 Å². The fraction of sp³-hybridized carbons (Fsp3) is 0.235. The number of aryl methyl sites for hydroxylation is 1. The van der Waals surface area contributed by atoms with E-state index in [1.165, 1.54) is 42.2 Å². The van der Waals surface area contributed by atoms with Crippen molar-refractivity contribution in [3.8, 4) is 0 Å². The number of nitrogens with zero attached hydrogens (tertiary/aromatic N) is 1. The van der Waals surface area contributed by atoms with Gasteiger partial charge in [0.2, 0.25) is 5.91 Å². The molecule has 2 aromatic carbocycles. The summed E-state index contributed by atoms with van der Waals surface area (Å²) in [7, 11) is -2.50. The maximum absolute atomic E-state index is 13.0. The van der Waals surface area contributed by atoms with Crippen LogP contribution in [0.1, 0.15) is 16.7 Å². The van der Waals surface area contributed by atoms with Crippen LogP contribution in [0.25, 0.3) is 0 Å². The van der Waals surface area contributed by atoms with E-state index in [2.05, 4.69) is 4.72 Å². The number of carbonyl (C=O) groups is 1. The Hall–Kier alpha value is -2.55. The number of anilines is 2. The molecule has 0 spiro atoms. The predicted octanol–water partition coefficient (Wildman–Crippen LogP) is 3.33. The number of likely N-dealkylation sites (N-methyl/N-ethyl adjacent to an activating group) is 1. The van der Waals surface area contributed by atoms with Crippen LogP contribution in [0.15, 0.2) is 41.3 Å². The van der Waals surface area contributed by atoms with E-state index in [0.29, 0.717) is 11.3 Å². The van der Waals surface area contributed by atoms with Crippen LogP contribution < -0.4 is 9.62 Å². The van der Waals surface area contributed by atoms with E-state index in [1.54, 1.807) is 7.05 Å². The first-order valence-electron chi connectivity index (χ1n) is 7.59. The molecule has 9 heteroatoms. The number of rotatable bonds is 3. The Morgan fingerprint density at radius 2 is 1.81 bits per heavy atom. The molecule has 3 rings (SSSR count). The van der Waals surface area contributed by atoms with Gasteiger partial charge < -0.3 is 4.90 Å². The van der Waals surface area contributed by atoms with Crippen molar-refractivity contribution in [2.75, 3.05) is 16.7 Å². The quantitative estimate of drug-likeness (QED) is 0.883. The number of alkyl halides is 3. The highest BCUT2D eigenvalue weighted by Gasteiger charge is 2.33. The lowest BCUT2D eigenvalue weighted by atomic mass is 10.1. The predicted molar refractivity (Wildman–Crippen MR) is 90.5 cm³/mol. The zero-order valence-corrected chi connectivity index (χ0v) is 14.7. The molecule has 0 radical (unpaired) electrons. The first-order chi connectivity index (χ1) is 12.0. The molecule has 0 bridgehead atoms. The zero-order valence-electron chi connectivity index (χ0n) is 13.9. The summed E-state index contributed by atoms with van der Waals surface area (Å²) in [5.41, 5.74) is 0.0823.